The lowest BCUT2D eigenvalue weighted by molar-refractivity contribution is -0.146. The van der Waals surface area contributed by atoms with Gasteiger partial charge in [-0.1, -0.05) is 18.2 Å². The van der Waals surface area contributed by atoms with E-state index in [2.05, 4.69) is 25.6 Å². The van der Waals surface area contributed by atoms with E-state index in [1.807, 2.05) is 0 Å². The molecular weight excluding hydrogens is 436 g/mol. The Morgan fingerprint density at radius 1 is 1.26 bits per heavy atom. The van der Waals surface area contributed by atoms with E-state index in [9.17, 15) is 13.2 Å². The summed E-state index contributed by atoms with van der Waals surface area (Å²) in [6.07, 6.45) is 0. The lowest BCUT2D eigenvalue weighted by atomic mass is 10.2. The standard InChI is InChI=1S/C18H17BrN2O5S/c1-11(18(22)26-10-12-7-8-15(25-2)14(19)9-12)20-17-13-5-3-4-6-16(13)27(23,24)21-17/h3-9,11H,10H2,1-2H3,(H,20,21)/t11-/m0/s1. The normalized spacial score (nSPS) is 17.1. The number of ether oxygens (including phenoxy) is 2. The zero-order valence-corrected chi connectivity index (χ0v) is 17.0. The smallest absolute Gasteiger partial charge is 0.330 e. The van der Waals surface area contributed by atoms with Crippen LogP contribution >= 0.6 is 15.9 Å². The Labute approximate surface area is 165 Å². The van der Waals surface area contributed by atoms with Crippen molar-refractivity contribution in [3.05, 3.63) is 58.1 Å². The minimum atomic E-state index is -3.64. The number of benzene rings is 2. The van der Waals surface area contributed by atoms with E-state index in [4.69, 9.17) is 9.47 Å². The van der Waals surface area contributed by atoms with Gasteiger partial charge in [-0.2, -0.15) is 0 Å². The Balaban J connectivity index is 1.70. The van der Waals surface area contributed by atoms with Gasteiger partial charge in [-0.15, -0.1) is 0 Å². The molecule has 0 amide bonds. The highest BCUT2D eigenvalue weighted by Crippen LogP contribution is 2.26. The quantitative estimate of drug-likeness (QED) is 0.703. The van der Waals surface area contributed by atoms with Crippen LogP contribution < -0.4 is 9.46 Å². The summed E-state index contributed by atoms with van der Waals surface area (Å²) in [5.74, 6) is 0.261. The van der Waals surface area contributed by atoms with Crippen molar-refractivity contribution in [2.45, 2.75) is 24.5 Å². The highest BCUT2D eigenvalue weighted by Gasteiger charge is 2.31. The average molecular weight is 453 g/mol. The summed E-state index contributed by atoms with van der Waals surface area (Å²) in [5, 5.41) is 0. The van der Waals surface area contributed by atoms with Crippen LogP contribution in [-0.2, 0) is 26.2 Å². The van der Waals surface area contributed by atoms with Gasteiger partial charge in [-0.3, -0.25) is 9.71 Å². The monoisotopic (exact) mass is 452 g/mol. The third kappa shape index (κ3) is 4.14. The SMILES string of the molecule is COc1ccc(COC(=O)[C@H](C)N=C2NS(=O)(=O)c3ccccc32)cc1Br. The predicted molar refractivity (Wildman–Crippen MR) is 103 cm³/mol. The van der Waals surface area contributed by atoms with Gasteiger partial charge in [0.05, 0.1) is 16.5 Å². The highest BCUT2D eigenvalue weighted by molar-refractivity contribution is 9.10. The molecule has 0 bridgehead atoms. The van der Waals surface area contributed by atoms with Crippen LogP contribution in [-0.4, -0.2) is 33.4 Å². The number of sulfonamides is 1. The lowest BCUT2D eigenvalue weighted by Gasteiger charge is -2.10. The van der Waals surface area contributed by atoms with Gasteiger partial charge in [0.15, 0.2) is 0 Å². The molecule has 1 heterocycles. The third-order valence-electron chi connectivity index (χ3n) is 3.92. The van der Waals surface area contributed by atoms with Crippen LogP contribution in [0.15, 0.2) is 56.8 Å². The van der Waals surface area contributed by atoms with Crippen LogP contribution in [0.1, 0.15) is 18.1 Å². The summed E-state index contributed by atoms with van der Waals surface area (Å²) < 4.78 is 37.7. The number of nitrogens with one attached hydrogen (secondary N) is 1. The van der Waals surface area contributed by atoms with E-state index >= 15 is 0 Å². The molecule has 9 heteroatoms. The largest absolute Gasteiger partial charge is 0.496 e. The number of fused-ring (bicyclic) bond motifs is 1. The van der Waals surface area contributed by atoms with E-state index in [-0.39, 0.29) is 17.3 Å². The number of aliphatic imine (C=N–C) groups is 1. The fourth-order valence-corrected chi connectivity index (χ4v) is 4.38. The third-order valence-corrected chi connectivity index (χ3v) is 5.94. The first-order chi connectivity index (χ1) is 12.8. The molecule has 0 saturated heterocycles. The average Bonchev–Trinajstić information content (AvgIpc) is 2.90. The lowest BCUT2D eigenvalue weighted by Crippen LogP contribution is -2.26. The van der Waals surface area contributed by atoms with Gasteiger partial charge in [-0.05, 0) is 52.7 Å². The topological polar surface area (TPSA) is 94.1 Å². The number of carbonyl (C=O) groups excluding carboxylic acids is 1. The summed E-state index contributed by atoms with van der Waals surface area (Å²) in [4.78, 5) is 16.6. The van der Waals surface area contributed by atoms with E-state index < -0.39 is 22.0 Å². The summed E-state index contributed by atoms with van der Waals surface area (Å²) in [7, 11) is -2.08. The van der Waals surface area contributed by atoms with Crippen LogP contribution in [0.4, 0.5) is 0 Å². The number of carbonyl (C=O) groups is 1. The van der Waals surface area contributed by atoms with Crippen molar-refractivity contribution in [3.8, 4) is 5.75 Å². The Hall–Kier alpha value is -2.39. The number of methoxy groups -OCH3 is 1. The number of esters is 1. The second kappa shape index (κ2) is 7.69. The van der Waals surface area contributed by atoms with Crippen molar-refractivity contribution in [1.82, 2.24) is 4.72 Å². The van der Waals surface area contributed by atoms with Gasteiger partial charge in [0.25, 0.3) is 10.0 Å². The number of amidine groups is 1. The molecule has 1 N–H and O–H groups in total. The van der Waals surface area contributed by atoms with Crippen molar-refractivity contribution in [2.75, 3.05) is 7.11 Å². The Morgan fingerprint density at radius 2 is 2.00 bits per heavy atom. The molecule has 2 aromatic rings. The predicted octanol–water partition coefficient (Wildman–Crippen LogP) is 2.63. The first-order valence-electron chi connectivity index (χ1n) is 8.01. The van der Waals surface area contributed by atoms with E-state index in [0.29, 0.717) is 11.3 Å². The molecule has 0 radical (unpaired) electrons. The molecule has 1 aliphatic heterocycles. The summed E-state index contributed by atoms with van der Waals surface area (Å²) >= 11 is 3.38. The van der Waals surface area contributed by atoms with Crippen LogP contribution in [0.2, 0.25) is 0 Å². The molecular formula is C18H17BrN2O5S. The second-order valence-corrected chi connectivity index (χ2v) is 8.34. The van der Waals surface area contributed by atoms with E-state index in [1.165, 1.54) is 6.07 Å². The molecule has 0 saturated carbocycles. The minimum Gasteiger partial charge on any atom is -0.496 e. The molecule has 1 aliphatic rings. The van der Waals surface area contributed by atoms with E-state index in [1.54, 1.807) is 50.4 Å². The first-order valence-corrected chi connectivity index (χ1v) is 10.3. The Morgan fingerprint density at radius 3 is 2.70 bits per heavy atom. The molecule has 0 fully saturated rings. The number of hydrogen-bond acceptors (Lipinski definition) is 6. The van der Waals surface area contributed by atoms with Crippen LogP contribution in [0.3, 0.4) is 0 Å². The first kappa shape index (κ1) is 19.4. The van der Waals surface area contributed by atoms with Gasteiger partial charge >= 0.3 is 5.97 Å². The summed E-state index contributed by atoms with van der Waals surface area (Å²) in [6, 6.07) is 11.0. The molecule has 142 valence electrons. The molecule has 0 aromatic heterocycles. The Bertz CT molecular complexity index is 1020. The summed E-state index contributed by atoms with van der Waals surface area (Å²) in [5.41, 5.74) is 1.22. The van der Waals surface area contributed by atoms with Crippen LogP contribution in [0, 0.1) is 0 Å². The van der Waals surface area contributed by atoms with Gasteiger partial charge in [0.1, 0.15) is 24.2 Å². The zero-order valence-electron chi connectivity index (χ0n) is 14.6. The highest BCUT2D eigenvalue weighted by atomic mass is 79.9. The minimum absolute atomic E-state index is 0.0684. The van der Waals surface area contributed by atoms with Crippen LogP contribution in [0.5, 0.6) is 5.75 Å². The zero-order chi connectivity index (χ0) is 19.6. The molecule has 0 unspecified atom stereocenters. The van der Waals surface area contributed by atoms with Crippen molar-refractivity contribution >= 4 is 37.8 Å². The molecule has 0 aliphatic carbocycles. The molecule has 2 aromatic carbocycles. The van der Waals surface area contributed by atoms with Gasteiger partial charge in [-0.25, -0.2) is 13.2 Å². The van der Waals surface area contributed by atoms with Gasteiger partial charge < -0.3 is 9.47 Å². The summed E-state index contributed by atoms with van der Waals surface area (Å²) in [6.45, 7) is 1.62. The van der Waals surface area contributed by atoms with Crippen molar-refractivity contribution in [2.24, 2.45) is 4.99 Å². The van der Waals surface area contributed by atoms with Gasteiger partial charge in [0, 0.05) is 5.56 Å². The number of hydrogen-bond donors (Lipinski definition) is 1. The number of rotatable bonds is 5. The molecule has 7 nitrogen and oxygen atoms in total. The molecule has 27 heavy (non-hydrogen) atoms. The van der Waals surface area contributed by atoms with Crippen molar-refractivity contribution in [3.63, 3.8) is 0 Å². The van der Waals surface area contributed by atoms with E-state index in [0.717, 1.165) is 10.0 Å². The van der Waals surface area contributed by atoms with Crippen molar-refractivity contribution < 1.29 is 22.7 Å². The maximum atomic E-state index is 12.2. The maximum absolute atomic E-state index is 12.2. The molecule has 3 rings (SSSR count). The Kier molecular flexibility index (Phi) is 5.52. The van der Waals surface area contributed by atoms with Crippen LogP contribution in [0.25, 0.3) is 0 Å². The molecule has 0 spiro atoms. The maximum Gasteiger partial charge on any atom is 0.330 e. The molecule has 1 atom stereocenters. The van der Waals surface area contributed by atoms with Crippen molar-refractivity contribution in [1.29, 1.82) is 0 Å². The second-order valence-electron chi connectivity index (χ2n) is 5.83. The fourth-order valence-electron chi connectivity index (χ4n) is 2.55. The van der Waals surface area contributed by atoms with Gasteiger partial charge in [0.2, 0.25) is 0 Å². The number of halogens is 1. The fraction of sp³-hybridized carbons (Fsp3) is 0.222. The number of nitrogens with zero attached hydrogens (tertiary/aromatic N) is 1.